The summed E-state index contributed by atoms with van der Waals surface area (Å²) >= 11 is 0. The normalized spacial score (nSPS) is 15.7. The number of phenolic OH excluding ortho intramolecular Hbond substituents is 1. The van der Waals surface area contributed by atoms with Crippen molar-refractivity contribution < 1.29 is 29.3 Å². The van der Waals surface area contributed by atoms with E-state index in [0.717, 1.165) is 5.56 Å². The lowest BCUT2D eigenvalue weighted by atomic mass is 9.95. The van der Waals surface area contributed by atoms with Gasteiger partial charge in [0.2, 0.25) is 0 Å². The number of ether oxygens (including phenoxy) is 2. The highest BCUT2D eigenvalue weighted by Gasteiger charge is 2.44. The standard InChI is InChI=1S/C28H25NO6/c1-3-35-21-13-11-20(12-14-21)29-26(19-10-16-22(30)24(17-19)34-2)25(27(32)28(29)33)23(31)15-9-18-7-5-4-6-8-18/h4-17,26,30,32H,3H2,1-2H3/b15-9+/t26-/m1/s1. The van der Waals surface area contributed by atoms with Gasteiger partial charge in [0.15, 0.2) is 23.0 Å². The van der Waals surface area contributed by atoms with E-state index in [1.165, 1.54) is 24.2 Å². The van der Waals surface area contributed by atoms with Crippen LogP contribution in [0.15, 0.2) is 90.2 Å². The van der Waals surface area contributed by atoms with Crippen molar-refractivity contribution in [2.45, 2.75) is 13.0 Å². The minimum Gasteiger partial charge on any atom is -0.504 e. The monoisotopic (exact) mass is 471 g/mol. The van der Waals surface area contributed by atoms with Gasteiger partial charge in [0.25, 0.3) is 5.91 Å². The number of benzene rings is 3. The Morgan fingerprint density at radius 2 is 1.74 bits per heavy atom. The molecular formula is C28H25NO6. The number of rotatable bonds is 8. The Labute approximate surface area is 203 Å². The Balaban J connectivity index is 1.79. The second kappa shape index (κ2) is 10.2. The Morgan fingerprint density at radius 3 is 2.40 bits per heavy atom. The summed E-state index contributed by atoms with van der Waals surface area (Å²) in [4.78, 5) is 27.9. The maximum Gasteiger partial charge on any atom is 0.294 e. The zero-order valence-electron chi connectivity index (χ0n) is 19.3. The zero-order chi connectivity index (χ0) is 24.9. The zero-order valence-corrected chi connectivity index (χ0v) is 19.3. The minimum atomic E-state index is -0.942. The molecule has 3 aromatic rings. The van der Waals surface area contributed by atoms with Crippen LogP contribution in [0.1, 0.15) is 24.1 Å². The molecule has 0 radical (unpaired) electrons. The molecule has 35 heavy (non-hydrogen) atoms. The van der Waals surface area contributed by atoms with Crippen molar-refractivity contribution in [2.75, 3.05) is 18.6 Å². The molecule has 0 fully saturated rings. The predicted octanol–water partition coefficient (Wildman–Crippen LogP) is 4.98. The van der Waals surface area contributed by atoms with Gasteiger partial charge in [0.05, 0.1) is 25.3 Å². The number of carbonyl (C=O) groups is 2. The molecule has 0 spiro atoms. The van der Waals surface area contributed by atoms with Crippen molar-refractivity contribution in [3.05, 3.63) is 101 Å². The quantitative estimate of drug-likeness (QED) is 0.450. The number of methoxy groups -OCH3 is 1. The SMILES string of the molecule is CCOc1ccc(N2C(=O)C(O)=C(C(=O)/C=C/c3ccccc3)[C@H]2c2ccc(O)c(OC)c2)cc1. The maximum absolute atomic E-state index is 13.3. The Morgan fingerprint density at radius 1 is 1.03 bits per heavy atom. The van der Waals surface area contributed by atoms with Crippen LogP contribution in [-0.4, -0.2) is 35.6 Å². The number of amides is 1. The molecule has 1 aliphatic rings. The van der Waals surface area contributed by atoms with E-state index in [0.29, 0.717) is 23.6 Å². The van der Waals surface area contributed by atoms with Crippen molar-refractivity contribution in [1.82, 2.24) is 0 Å². The number of ketones is 1. The number of anilines is 1. The highest BCUT2D eigenvalue weighted by Crippen LogP contribution is 2.43. The summed E-state index contributed by atoms with van der Waals surface area (Å²) < 4.78 is 10.7. The van der Waals surface area contributed by atoms with E-state index in [9.17, 15) is 19.8 Å². The van der Waals surface area contributed by atoms with Crippen molar-refractivity contribution in [2.24, 2.45) is 0 Å². The molecule has 0 saturated heterocycles. The van der Waals surface area contributed by atoms with Gasteiger partial charge in [-0.25, -0.2) is 0 Å². The van der Waals surface area contributed by atoms with Gasteiger partial charge in [-0.3, -0.25) is 14.5 Å². The number of allylic oxidation sites excluding steroid dienone is 1. The summed E-state index contributed by atoms with van der Waals surface area (Å²) in [5.74, 6) is -1.12. The van der Waals surface area contributed by atoms with Gasteiger partial charge in [-0.15, -0.1) is 0 Å². The lowest BCUT2D eigenvalue weighted by molar-refractivity contribution is -0.117. The summed E-state index contributed by atoms with van der Waals surface area (Å²) in [7, 11) is 1.41. The predicted molar refractivity (Wildman–Crippen MR) is 133 cm³/mol. The van der Waals surface area contributed by atoms with Crippen LogP contribution in [0.2, 0.25) is 0 Å². The maximum atomic E-state index is 13.3. The number of aromatic hydroxyl groups is 1. The average Bonchev–Trinajstić information content (AvgIpc) is 3.14. The molecule has 4 rings (SSSR count). The third-order valence-corrected chi connectivity index (χ3v) is 5.65. The molecule has 1 heterocycles. The van der Waals surface area contributed by atoms with Crippen molar-refractivity contribution in [3.8, 4) is 17.2 Å². The summed E-state index contributed by atoms with van der Waals surface area (Å²) in [5.41, 5.74) is 1.69. The van der Waals surface area contributed by atoms with Crippen LogP contribution in [0.25, 0.3) is 6.08 Å². The number of aliphatic hydroxyl groups excluding tert-OH is 1. The van der Waals surface area contributed by atoms with Gasteiger partial charge >= 0.3 is 0 Å². The molecule has 1 atom stereocenters. The molecule has 0 aromatic heterocycles. The lowest BCUT2D eigenvalue weighted by Gasteiger charge is -2.27. The molecule has 7 nitrogen and oxygen atoms in total. The molecule has 0 unspecified atom stereocenters. The third-order valence-electron chi connectivity index (χ3n) is 5.65. The second-order valence-corrected chi connectivity index (χ2v) is 7.81. The average molecular weight is 472 g/mol. The van der Waals surface area contributed by atoms with Crippen molar-refractivity contribution in [1.29, 1.82) is 0 Å². The van der Waals surface area contributed by atoms with Crippen LogP contribution < -0.4 is 14.4 Å². The summed E-state index contributed by atoms with van der Waals surface area (Å²) in [5, 5.41) is 20.9. The van der Waals surface area contributed by atoms with Crippen LogP contribution >= 0.6 is 0 Å². The van der Waals surface area contributed by atoms with E-state index in [4.69, 9.17) is 9.47 Å². The van der Waals surface area contributed by atoms with Crippen LogP contribution in [0, 0.1) is 0 Å². The van der Waals surface area contributed by atoms with E-state index in [-0.39, 0.29) is 17.1 Å². The number of aliphatic hydroxyl groups is 1. The molecule has 1 amide bonds. The number of hydrogen-bond acceptors (Lipinski definition) is 6. The van der Waals surface area contributed by atoms with E-state index in [1.54, 1.807) is 42.5 Å². The smallest absolute Gasteiger partial charge is 0.294 e. The molecule has 0 saturated carbocycles. The Hall–Kier alpha value is -4.52. The van der Waals surface area contributed by atoms with Crippen molar-refractivity contribution in [3.63, 3.8) is 0 Å². The fourth-order valence-corrected chi connectivity index (χ4v) is 4.00. The second-order valence-electron chi connectivity index (χ2n) is 7.81. The van der Waals surface area contributed by atoms with Crippen molar-refractivity contribution >= 4 is 23.5 Å². The topological polar surface area (TPSA) is 96.3 Å². The molecule has 178 valence electrons. The molecular weight excluding hydrogens is 446 g/mol. The minimum absolute atomic E-state index is 0.0659. The molecule has 7 heteroatoms. The van der Waals surface area contributed by atoms with Crippen LogP contribution in [0.3, 0.4) is 0 Å². The number of nitrogens with zero attached hydrogens (tertiary/aromatic N) is 1. The first-order valence-electron chi connectivity index (χ1n) is 11.1. The summed E-state index contributed by atoms with van der Waals surface area (Å²) in [6.45, 7) is 2.36. The van der Waals surface area contributed by atoms with E-state index in [1.807, 2.05) is 37.3 Å². The van der Waals surface area contributed by atoms with E-state index >= 15 is 0 Å². The fourth-order valence-electron chi connectivity index (χ4n) is 4.00. The number of phenols is 1. The first-order chi connectivity index (χ1) is 16.9. The number of hydrogen-bond donors (Lipinski definition) is 2. The molecule has 0 bridgehead atoms. The van der Waals surface area contributed by atoms with Crippen LogP contribution in [0.4, 0.5) is 5.69 Å². The van der Waals surface area contributed by atoms with Gasteiger partial charge in [0.1, 0.15) is 5.75 Å². The van der Waals surface area contributed by atoms with Gasteiger partial charge < -0.3 is 19.7 Å². The molecule has 3 aromatic carbocycles. The van der Waals surface area contributed by atoms with Gasteiger partial charge in [-0.2, -0.15) is 0 Å². The van der Waals surface area contributed by atoms with Crippen LogP contribution in [0.5, 0.6) is 17.2 Å². The summed E-state index contributed by atoms with van der Waals surface area (Å²) in [6, 6.07) is 19.7. The Bertz CT molecular complexity index is 1290. The largest absolute Gasteiger partial charge is 0.504 e. The molecule has 2 N–H and O–H groups in total. The highest BCUT2D eigenvalue weighted by atomic mass is 16.5. The van der Waals surface area contributed by atoms with Gasteiger partial charge in [-0.1, -0.05) is 42.5 Å². The fraction of sp³-hybridized carbons (Fsp3) is 0.143. The highest BCUT2D eigenvalue weighted by molar-refractivity contribution is 6.19. The number of carbonyl (C=O) groups excluding carboxylic acids is 2. The van der Waals surface area contributed by atoms with Crippen LogP contribution in [-0.2, 0) is 9.59 Å². The lowest BCUT2D eigenvalue weighted by Crippen LogP contribution is -2.30. The Kier molecular flexibility index (Phi) is 6.87. The first-order valence-corrected chi connectivity index (χ1v) is 11.1. The first kappa shape index (κ1) is 23.6. The third kappa shape index (κ3) is 4.75. The van der Waals surface area contributed by atoms with E-state index < -0.39 is 23.5 Å². The van der Waals surface area contributed by atoms with Gasteiger partial charge in [-0.05, 0) is 60.5 Å². The summed E-state index contributed by atoms with van der Waals surface area (Å²) in [6.07, 6.45) is 2.96. The van der Waals surface area contributed by atoms with Gasteiger partial charge in [0, 0.05) is 5.69 Å². The van der Waals surface area contributed by atoms with E-state index in [2.05, 4.69) is 0 Å². The molecule has 0 aliphatic carbocycles. The molecule has 1 aliphatic heterocycles.